The number of nitrogens with one attached hydrogen (secondary N) is 1. The minimum Gasteiger partial charge on any atom is -0.368 e. The highest BCUT2D eigenvalue weighted by Gasteiger charge is 2.26. The van der Waals surface area contributed by atoms with Crippen molar-refractivity contribution < 1.29 is 4.79 Å². The maximum absolute atomic E-state index is 12.1. The zero-order valence-corrected chi connectivity index (χ0v) is 14.3. The number of para-hydroxylation sites is 1. The highest BCUT2D eigenvalue weighted by atomic mass is 79.9. The summed E-state index contributed by atoms with van der Waals surface area (Å²) < 4.78 is 1.09. The van der Waals surface area contributed by atoms with Gasteiger partial charge in [0.15, 0.2) is 0 Å². The molecule has 2 rings (SSSR count). The fourth-order valence-corrected chi connectivity index (χ4v) is 3.26. The molecule has 0 saturated carbocycles. The van der Waals surface area contributed by atoms with Crippen LogP contribution in [0.2, 0.25) is 0 Å². The van der Waals surface area contributed by atoms with E-state index in [0.717, 1.165) is 30.4 Å². The first-order valence-corrected chi connectivity index (χ1v) is 8.32. The lowest BCUT2D eigenvalue weighted by Gasteiger charge is -2.21. The highest BCUT2D eigenvalue weighted by Crippen LogP contribution is 2.28. The first-order chi connectivity index (χ1) is 9.97. The Morgan fingerprint density at radius 3 is 2.86 bits per heavy atom. The first-order valence-electron chi connectivity index (χ1n) is 7.52. The molecule has 1 aliphatic rings. The molecular formula is C16H24BrN3O. The molecular weight excluding hydrogens is 330 g/mol. The van der Waals surface area contributed by atoms with Crippen molar-refractivity contribution >= 4 is 27.5 Å². The van der Waals surface area contributed by atoms with Gasteiger partial charge in [-0.2, -0.15) is 0 Å². The number of benzene rings is 1. The number of amides is 1. The zero-order valence-electron chi connectivity index (χ0n) is 12.7. The number of halogens is 1. The summed E-state index contributed by atoms with van der Waals surface area (Å²) in [5.41, 5.74) is 7.11. The van der Waals surface area contributed by atoms with Gasteiger partial charge in [0.1, 0.15) is 0 Å². The van der Waals surface area contributed by atoms with Gasteiger partial charge in [0.2, 0.25) is 5.91 Å². The number of rotatable bonds is 5. The highest BCUT2D eigenvalue weighted by molar-refractivity contribution is 9.10. The number of nitrogens with two attached hydrogens (primary N) is 1. The summed E-state index contributed by atoms with van der Waals surface area (Å²) in [4.78, 5) is 14.4. The van der Waals surface area contributed by atoms with Gasteiger partial charge in [0.25, 0.3) is 0 Å². The molecule has 3 N–H and O–H groups in total. The Bertz CT molecular complexity index is 492. The van der Waals surface area contributed by atoms with Gasteiger partial charge in [0.05, 0.1) is 11.7 Å². The average Bonchev–Trinajstić information content (AvgIpc) is 2.86. The normalized spacial score (nSPS) is 19.9. The summed E-state index contributed by atoms with van der Waals surface area (Å²) >= 11 is 3.58. The standard InChI is InChI=1S/C16H24BrN3O/c1-11(2)9-14(18)16(21)19-12-7-8-20(10-12)15-6-4-3-5-13(15)17/h3-6,11-12,14H,7-10,18H2,1-2H3,(H,19,21)/t12?,14-/m0/s1. The summed E-state index contributed by atoms with van der Waals surface area (Å²) in [5.74, 6) is 0.411. The summed E-state index contributed by atoms with van der Waals surface area (Å²) in [6.45, 7) is 5.95. The maximum atomic E-state index is 12.1. The fourth-order valence-electron chi connectivity index (χ4n) is 2.73. The van der Waals surface area contributed by atoms with Crippen LogP contribution < -0.4 is 16.0 Å². The maximum Gasteiger partial charge on any atom is 0.237 e. The van der Waals surface area contributed by atoms with E-state index in [9.17, 15) is 4.79 Å². The van der Waals surface area contributed by atoms with E-state index in [-0.39, 0.29) is 11.9 Å². The fraction of sp³-hybridized carbons (Fsp3) is 0.562. The van der Waals surface area contributed by atoms with E-state index >= 15 is 0 Å². The molecule has 2 atom stereocenters. The van der Waals surface area contributed by atoms with Gasteiger partial charge in [-0.15, -0.1) is 0 Å². The van der Waals surface area contributed by atoms with Gasteiger partial charge in [-0.1, -0.05) is 26.0 Å². The van der Waals surface area contributed by atoms with E-state index in [1.807, 2.05) is 18.2 Å². The Morgan fingerprint density at radius 1 is 1.48 bits per heavy atom. The Hall–Kier alpha value is -1.07. The monoisotopic (exact) mass is 353 g/mol. The van der Waals surface area contributed by atoms with Crippen molar-refractivity contribution in [3.05, 3.63) is 28.7 Å². The average molecular weight is 354 g/mol. The van der Waals surface area contributed by atoms with Crippen molar-refractivity contribution in [3.8, 4) is 0 Å². The molecule has 21 heavy (non-hydrogen) atoms. The third-order valence-electron chi connectivity index (χ3n) is 3.79. The van der Waals surface area contributed by atoms with Crippen molar-refractivity contribution in [2.75, 3.05) is 18.0 Å². The van der Waals surface area contributed by atoms with E-state index in [0.29, 0.717) is 5.92 Å². The first kappa shape index (κ1) is 16.3. The topological polar surface area (TPSA) is 58.4 Å². The predicted molar refractivity (Wildman–Crippen MR) is 90.3 cm³/mol. The number of carbonyl (C=O) groups is 1. The van der Waals surface area contributed by atoms with Crippen molar-refractivity contribution in [2.45, 2.75) is 38.8 Å². The Kier molecular flexibility index (Phi) is 5.65. The molecule has 1 heterocycles. The largest absolute Gasteiger partial charge is 0.368 e. The molecule has 116 valence electrons. The molecule has 0 spiro atoms. The molecule has 1 saturated heterocycles. The second-order valence-electron chi connectivity index (χ2n) is 6.13. The van der Waals surface area contributed by atoms with Crippen LogP contribution >= 0.6 is 15.9 Å². The molecule has 1 fully saturated rings. The minimum absolute atomic E-state index is 0.0253. The second-order valence-corrected chi connectivity index (χ2v) is 6.98. The van der Waals surface area contributed by atoms with Gasteiger partial charge < -0.3 is 16.0 Å². The van der Waals surface area contributed by atoms with Gasteiger partial charge in [-0.3, -0.25) is 4.79 Å². The van der Waals surface area contributed by atoms with Crippen LogP contribution in [-0.4, -0.2) is 31.1 Å². The summed E-state index contributed by atoms with van der Waals surface area (Å²) in [5, 5.41) is 3.08. The van der Waals surface area contributed by atoms with Gasteiger partial charge in [0, 0.05) is 23.6 Å². The lowest BCUT2D eigenvalue weighted by molar-refractivity contribution is -0.123. The van der Waals surface area contributed by atoms with Crippen LogP contribution in [0.25, 0.3) is 0 Å². The summed E-state index contributed by atoms with van der Waals surface area (Å²) in [6, 6.07) is 7.96. The van der Waals surface area contributed by atoms with Crippen LogP contribution in [0.15, 0.2) is 28.7 Å². The second kappa shape index (κ2) is 7.27. The zero-order chi connectivity index (χ0) is 15.4. The minimum atomic E-state index is -0.400. The molecule has 4 nitrogen and oxygen atoms in total. The Morgan fingerprint density at radius 2 is 2.19 bits per heavy atom. The van der Waals surface area contributed by atoms with Gasteiger partial charge >= 0.3 is 0 Å². The summed E-state index contributed by atoms with van der Waals surface area (Å²) in [7, 11) is 0. The number of carbonyl (C=O) groups excluding carboxylic acids is 1. The molecule has 0 aromatic heterocycles. The van der Waals surface area contributed by atoms with Crippen LogP contribution in [0.5, 0.6) is 0 Å². The van der Waals surface area contributed by atoms with Crippen LogP contribution in [0.4, 0.5) is 5.69 Å². The lowest BCUT2D eigenvalue weighted by atomic mass is 10.0. The molecule has 1 aromatic carbocycles. The van der Waals surface area contributed by atoms with Gasteiger partial charge in [-0.05, 0) is 46.8 Å². The van der Waals surface area contributed by atoms with E-state index in [4.69, 9.17) is 5.73 Å². The van der Waals surface area contributed by atoms with Gasteiger partial charge in [-0.25, -0.2) is 0 Å². The van der Waals surface area contributed by atoms with Crippen molar-refractivity contribution in [1.29, 1.82) is 0 Å². The molecule has 0 bridgehead atoms. The number of nitrogens with zero attached hydrogens (tertiary/aromatic N) is 1. The Labute approximate surface area is 135 Å². The van der Waals surface area contributed by atoms with E-state index < -0.39 is 6.04 Å². The number of hydrogen-bond donors (Lipinski definition) is 2. The number of anilines is 1. The quantitative estimate of drug-likeness (QED) is 0.854. The van der Waals surface area contributed by atoms with Crippen molar-refractivity contribution in [3.63, 3.8) is 0 Å². The predicted octanol–water partition coefficient (Wildman–Crippen LogP) is 2.52. The van der Waals surface area contributed by atoms with Crippen LogP contribution in [0.1, 0.15) is 26.7 Å². The van der Waals surface area contributed by atoms with E-state index in [1.165, 1.54) is 5.69 Å². The van der Waals surface area contributed by atoms with Crippen LogP contribution in [-0.2, 0) is 4.79 Å². The molecule has 5 heteroatoms. The van der Waals surface area contributed by atoms with Crippen LogP contribution in [0, 0.1) is 5.92 Å². The third-order valence-corrected chi connectivity index (χ3v) is 4.46. The molecule has 1 aliphatic heterocycles. The molecule has 1 aromatic rings. The SMILES string of the molecule is CC(C)C[C@H](N)C(=O)NC1CCN(c2ccccc2Br)C1. The Balaban J connectivity index is 1.88. The molecule has 0 radical (unpaired) electrons. The van der Waals surface area contributed by atoms with E-state index in [2.05, 4.69) is 46.1 Å². The smallest absolute Gasteiger partial charge is 0.237 e. The molecule has 1 amide bonds. The summed E-state index contributed by atoms with van der Waals surface area (Å²) in [6.07, 6.45) is 1.69. The lowest BCUT2D eigenvalue weighted by Crippen LogP contribution is -2.46. The third kappa shape index (κ3) is 4.45. The van der Waals surface area contributed by atoms with Crippen molar-refractivity contribution in [1.82, 2.24) is 5.32 Å². The van der Waals surface area contributed by atoms with E-state index in [1.54, 1.807) is 0 Å². The van der Waals surface area contributed by atoms with Crippen molar-refractivity contribution in [2.24, 2.45) is 11.7 Å². The van der Waals surface area contributed by atoms with Crippen LogP contribution in [0.3, 0.4) is 0 Å². The molecule has 0 aliphatic carbocycles. The molecule has 1 unspecified atom stereocenters. The number of hydrogen-bond acceptors (Lipinski definition) is 3.